The zero-order chi connectivity index (χ0) is 24.7. The van der Waals surface area contributed by atoms with Crippen molar-refractivity contribution < 1.29 is 13.2 Å². The Morgan fingerprint density at radius 1 is 0.886 bits per heavy atom. The van der Waals surface area contributed by atoms with Gasteiger partial charge in [-0.25, -0.2) is 13.1 Å². The first kappa shape index (κ1) is 22.4. The quantitative estimate of drug-likeness (QED) is 0.421. The maximum atomic E-state index is 13.5. The van der Waals surface area contributed by atoms with E-state index in [1.807, 2.05) is 30.3 Å². The number of hydrogen-bond acceptors (Lipinski definition) is 5. The van der Waals surface area contributed by atoms with Gasteiger partial charge in [0, 0.05) is 18.2 Å². The topological polar surface area (TPSA) is 102 Å². The molecule has 0 unspecified atom stereocenters. The maximum absolute atomic E-state index is 13.5. The van der Waals surface area contributed by atoms with E-state index >= 15 is 0 Å². The minimum Gasteiger partial charge on any atom is -0.347 e. The van der Waals surface area contributed by atoms with Gasteiger partial charge >= 0.3 is 0 Å². The Bertz CT molecular complexity index is 1650. The van der Waals surface area contributed by atoms with Crippen molar-refractivity contribution >= 4 is 27.2 Å². The summed E-state index contributed by atoms with van der Waals surface area (Å²) in [5.41, 5.74) is 1.88. The Kier molecular flexibility index (Phi) is 5.41. The molecule has 0 saturated heterocycles. The zero-order valence-corrected chi connectivity index (χ0v) is 19.8. The van der Waals surface area contributed by atoms with Crippen LogP contribution in [0.25, 0.3) is 11.4 Å². The largest absolute Gasteiger partial charge is 0.347 e. The molecule has 0 atom stereocenters. The number of sulfonamides is 1. The minimum atomic E-state index is -3.99. The van der Waals surface area contributed by atoms with Crippen LogP contribution < -0.4 is 15.6 Å². The number of aromatic nitrogens is 2. The molecule has 0 spiro atoms. The van der Waals surface area contributed by atoms with E-state index in [1.54, 1.807) is 67.2 Å². The van der Waals surface area contributed by atoms with Gasteiger partial charge in [-0.3, -0.25) is 19.0 Å². The normalized spacial score (nSPS) is 14.2. The van der Waals surface area contributed by atoms with Crippen LogP contribution in [0.5, 0.6) is 0 Å². The van der Waals surface area contributed by atoms with E-state index in [4.69, 9.17) is 0 Å². The highest BCUT2D eigenvalue weighted by molar-refractivity contribution is 7.89. The zero-order valence-electron chi connectivity index (χ0n) is 19.0. The molecule has 0 amide bonds. The summed E-state index contributed by atoms with van der Waals surface area (Å²) in [6.45, 7) is 1.78. The molecule has 2 N–H and O–H groups in total. The number of anilines is 1. The number of rotatable bonds is 5. The number of allylic oxidation sites excluding steroid dienone is 1. The van der Waals surface area contributed by atoms with Crippen molar-refractivity contribution in [3.05, 3.63) is 118 Å². The molecule has 0 bridgehead atoms. The van der Waals surface area contributed by atoms with Gasteiger partial charge in [0.15, 0.2) is 0 Å². The van der Waals surface area contributed by atoms with Crippen LogP contribution in [0.3, 0.4) is 0 Å². The van der Waals surface area contributed by atoms with Crippen LogP contribution in [-0.2, 0) is 17.1 Å². The van der Waals surface area contributed by atoms with E-state index < -0.39 is 15.8 Å². The van der Waals surface area contributed by atoms with Crippen LogP contribution >= 0.6 is 0 Å². The molecule has 35 heavy (non-hydrogen) atoms. The fourth-order valence-corrected chi connectivity index (χ4v) is 5.43. The van der Waals surface area contributed by atoms with Crippen LogP contribution in [0.2, 0.25) is 0 Å². The lowest BCUT2D eigenvalue weighted by molar-refractivity contribution is 0.103. The molecule has 176 valence electrons. The number of fused-ring (bicyclic) bond motifs is 1. The van der Waals surface area contributed by atoms with Crippen LogP contribution in [0.1, 0.15) is 21.6 Å². The van der Waals surface area contributed by atoms with Gasteiger partial charge in [-0.05, 0) is 25.1 Å². The number of benzene rings is 3. The van der Waals surface area contributed by atoms with E-state index in [9.17, 15) is 18.0 Å². The lowest BCUT2D eigenvalue weighted by atomic mass is 10.0. The standard InChI is InChI=1S/C26H22N4O4S/c1-17-22(26(32)30(29(17)2)19-13-7-4-8-14-19)27-23-20-15-9-10-16-21(20)35(33,34)28-24(23)25(31)18-11-5-3-6-12-18/h3-16,27-28H,1-2H3. The summed E-state index contributed by atoms with van der Waals surface area (Å²) >= 11 is 0. The first-order chi connectivity index (χ1) is 16.8. The van der Waals surface area contributed by atoms with Crippen molar-refractivity contribution in [2.24, 2.45) is 7.05 Å². The predicted octanol–water partition coefficient (Wildman–Crippen LogP) is 3.44. The molecule has 0 aliphatic carbocycles. The fraction of sp³-hybridized carbons (Fsp3) is 0.0769. The van der Waals surface area contributed by atoms with E-state index in [0.717, 1.165) is 0 Å². The number of ketones is 1. The lowest BCUT2D eigenvalue weighted by Crippen LogP contribution is -2.35. The molecule has 1 aliphatic rings. The summed E-state index contributed by atoms with van der Waals surface area (Å²) in [6, 6.07) is 23.9. The first-order valence-electron chi connectivity index (χ1n) is 10.9. The predicted molar refractivity (Wildman–Crippen MR) is 134 cm³/mol. The van der Waals surface area contributed by atoms with Gasteiger partial charge in [0.2, 0.25) is 5.78 Å². The third-order valence-corrected chi connectivity index (χ3v) is 7.41. The van der Waals surface area contributed by atoms with Crippen molar-refractivity contribution in [1.29, 1.82) is 0 Å². The molecule has 5 rings (SSSR count). The SMILES string of the molecule is Cc1c(NC2=C(C(=O)c3ccccc3)NS(=O)(=O)c3ccccc32)c(=O)n(-c2ccccc2)n1C. The molecule has 0 radical (unpaired) electrons. The highest BCUT2D eigenvalue weighted by Gasteiger charge is 2.34. The number of carbonyl (C=O) groups excluding carboxylic acids is 1. The van der Waals surface area contributed by atoms with Crippen molar-refractivity contribution in [3.63, 3.8) is 0 Å². The fourth-order valence-electron chi connectivity index (χ4n) is 4.14. The van der Waals surface area contributed by atoms with E-state index in [-0.39, 0.29) is 27.5 Å². The van der Waals surface area contributed by atoms with Crippen molar-refractivity contribution in [2.45, 2.75) is 11.8 Å². The van der Waals surface area contributed by atoms with Crippen molar-refractivity contribution in [3.8, 4) is 5.69 Å². The first-order valence-corrected chi connectivity index (χ1v) is 12.3. The average Bonchev–Trinajstić information content (AvgIpc) is 3.09. The Morgan fingerprint density at radius 3 is 2.17 bits per heavy atom. The summed E-state index contributed by atoms with van der Waals surface area (Å²) < 4.78 is 31.6. The van der Waals surface area contributed by atoms with Crippen molar-refractivity contribution in [1.82, 2.24) is 14.1 Å². The van der Waals surface area contributed by atoms with E-state index in [2.05, 4.69) is 10.0 Å². The maximum Gasteiger partial charge on any atom is 0.295 e. The van der Waals surface area contributed by atoms with Crippen LogP contribution in [-0.4, -0.2) is 23.6 Å². The van der Waals surface area contributed by atoms with Gasteiger partial charge in [0.25, 0.3) is 15.6 Å². The van der Waals surface area contributed by atoms with Gasteiger partial charge < -0.3 is 5.32 Å². The molecule has 3 aromatic carbocycles. The second-order valence-electron chi connectivity index (χ2n) is 8.11. The van der Waals surface area contributed by atoms with E-state index in [0.29, 0.717) is 22.5 Å². The smallest absolute Gasteiger partial charge is 0.295 e. The summed E-state index contributed by atoms with van der Waals surface area (Å²) in [4.78, 5) is 27.0. The van der Waals surface area contributed by atoms with Gasteiger partial charge in [-0.15, -0.1) is 0 Å². The Balaban J connectivity index is 1.73. The third-order valence-electron chi connectivity index (χ3n) is 6.00. The summed E-state index contributed by atoms with van der Waals surface area (Å²) in [7, 11) is -2.23. The molecule has 0 saturated carbocycles. The average molecular weight is 487 g/mol. The Hall–Kier alpha value is -4.37. The second-order valence-corrected chi connectivity index (χ2v) is 9.76. The van der Waals surface area contributed by atoms with Crippen LogP contribution in [0, 0.1) is 6.92 Å². The molecule has 0 fully saturated rings. The van der Waals surface area contributed by atoms with Gasteiger partial charge in [0.05, 0.1) is 22.0 Å². The van der Waals surface area contributed by atoms with Crippen LogP contribution in [0.4, 0.5) is 5.69 Å². The number of hydrogen-bond donors (Lipinski definition) is 2. The number of Topliss-reactive ketones (excluding diaryl/α,β-unsaturated/α-hetero) is 1. The van der Waals surface area contributed by atoms with E-state index in [1.165, 1.54) is 10.7 Å². The third kappa shape index (κ3) is 3.75. The number of nitrogens with zero attached hydrogens (tertiary/aromatic N) is 2. The molecule has 2 heterocycles. The molecule has 1 aromatic heterocycles. The second kappa shape index (κ2) is 8.44. The molecule has 4 aromatic rings. The lowest BCUT2D eigenvalue weighted by Gasteiger charge is -2.24. The molecule has 1 aliphatic heterocycles. The molecule has 8 nitrogen and oxygen atoms in total. The molecule has 9 heteroatoms. The summed E-state index contributed by atoms with van der Waals surface area (Å²) in [5.74, 6) is -0.511. The minimum absolute atomic E-state index is 0.0177. The highest BCUT2D eigenvalue weighted by atomic mass is 32.2. The highest BCUT2D eigenvalue weighted by Crippen LogP contribution is 2.33. The molecular formula is C26H22N4O4S. The summed E-state index contributed by atoms with van der Waals surface area (Å²) in [5, 5.41) is 3.12. The Morgan fingerprint density at radius 2 is 1.49 bits per heavy atom. The molecular weight excluding hydrogens is 464 g/mol. The summed E-state index contributed by atoms with van der Waals surface area (Å²) in [6.07, 6.45) is 0. The number of para-hydroxylation sites is 1. The van der Waals surface area contributed by atoms with Gasteiger partial charge in [-0.1, -0.05) is 66.7 Å². The number of nitrogens with one attached hydrogen (secondary N) is 2. The monoisotopic (exact) mass is 486 g/mol. The van der Waals surface area contributed by atoms with Crippen molar-refractivity contribution in [2.75, 3.05) is 5.32 Å². The van der Waals surface area contributed by atoms with Gasteiger partial charge in [-0.2, -0.15) is 0 Å². The van der Waals surface area contributed by atoms with Gasteiger partial charge in [0.1, 0.15) is 11.4 Å². The van der Waals surface area contributed by atoms with Crippen LogP contribution in [0.15, 0.2) is 100 Å². The number of carbonyl (C=O) groups is 1. The Labute approximate surface area is 202 Å².